The van der Waals surface area contributed by atoms with E-state index in [0.29, 0.717) is 11.7 Å². The van der Waals surface area contributed by atoms with Crippen LogP contribution in [0.2, 0.25) is 0 Å². The van der Waals surface area contributed by atoms with Gasteiger partial charge in [-0.3, -0.25) is 0 Å². The minimum Gasteiger partial charge on any atom is -0.466 e. The summed E-state index contributed by atoms with van der Waals surface area (Å²) in [6, 6.07) is 10.2. The van der Waals surface area contributed by atoms with E-state index in [1.165, 1.54) is 24.8 Å². The summed E-state index contributed by atoms with van der Waals surface area (Å²) < 4.78 is 54.9. The minimum absolute atomic E-state index is 0.0260. The van der Waals surface area contributed by atoms with Gasteiger partial charge < -0.3 is 19.5 Å². The van der Waals surface area contributed by atoms with Crippen LogP contribution < -0.4 is 10.1 Å². The summed E-state index contributed by atoms with van der Waals surface area (Å²) >= 11 is 0. The Balaban J connectivity index is 1.91. The maximum atomic E-state index is 13.3. The normalized spacial score (nSPS) is 14.9. The number of benzene rings is 2. The Morgan fingerprint density at radius 1 is 0.971 bits per heavy atom. The third-order valence-corrected chi connectivity index (χ3v) is 5.63. The summed E-state index contributed by atoms with van der Waals surface area (Å²) in [4.78, 5) is 23.7. The number of carbonyl (C=O) groups is 2. The summed E-state index contributed by atoms with van der Waals surface area (Å²) in [5, 5.41) is 2.52. The molecule has 182 valence electrons. The number of ether oxygens (including phenoxy) is 3. The number of carbonyl (C=O) groups excluding carboxylic acids is 2. The lowest BCUT2D eigenvalue weighted by molar-refractivity contribution is -0.138. The van der Waals surface area contributed by atoms with Crippen molar-refractivity contribution in [1.29, 1.82) is 0 Å². The summed E-state index contributed by atoms with van der Waals surface area (Å²) in [5.74, 6) is -0.916. The quantitative estimate of drug-likeness (QED) is 0.379. The van der Waals surface area contributed by atoms with Crippen LogP contribution in [0.15, 0.2) is 54.2 Å². The molecule has 2 aromatic carbocycles. The van der Waals surface area contributed by atoms with Crippen LogP contribution in [0.3, 0.4) is 0 Å². The molecule has 0 spiro atoms. The molecule has 1 fully saturated rings. The van der Waals surface area contributed by atoms with Crippen molar-refractivity contribution in [3.63, 3.8) is 0 Å². The number of anilines is 1. The standard InChI is InChI=1S/C25H26F3NO5/c1-32-23(30)15-21(24(31)33-2)29-20-14-18(25(26,27)28)10-13-22(20)34-19-11-8-17(9-12-19)16-6-4-3-5-7-16/h8-16,29H,3-7H2,1-2H3/b21-15+. The second-order valence-corrected chi connectivity index (χ2v) is 7.91. The molecule has 0 atom stereocenters. The molecule has 1 N–H and O–H groups in total. The molecule has 1 aliphatic carbocycles. The molecule has 34 heavy (non-hydrogen) atoms. The van der Waals surface area contributed by atoms with Gasteiger partial charge in [-0.05, 0) is 54.7 Å². The van der Waals surface area contributed by atoms with Crippen LogP contribution in [0.5, 0.6) is 11.5 Å². The highest BCUT2D eigenvalue weighted by Crippen LogP contribution is 2.38. The van der Waals surface area contributed by atoms with Gasteiger partial charge in [-0.2, -0.15) is 13.2 Å². The lowest BCUT2D eigenvalue weighted by atomic mass is 9.84. The van der Waals surface area contributed by atoms with Crippen molar-refractivity contribution in [2.75, 3.05) is 19.5 Å². The Bertz CT molecular complexity index is 1040. The molecule has 0 unspecified atom stereocenters. The topological polar surface area (TPSA) is 73.9 Å². The van der Waals surface area contributed by atoms with E-state index in [0.717, 1.165) is 51.3 Å². The minimum atomic E-state index is -4.63. The lowest BCUT2D eigenvalue weighted by Gasteiger charge is -2.22. The zero-order chi connectivity index (χ0) is 24.7. The number of hydrogen-bond donors (Lipinski definition) is 1. The number of esters is 2. The van der Waals surface area contributed by atoms with E-state index < -0.39 is 29.4 Å². The van der Waals surface area contributed by atoms with Crippen molar-refractivity contribution in [3.8, 4) is 11.5 Å². The maximum absolute atomic E-state index is 13.3. The summed E-state index contributed by atoms with van der Waals surface area (Å²) in [5.41, 5.74) is -0.345. The molecule has 0 aliphatic heterocycles. The van der Waals surface area contributed by atoms with Gasteiger partial charge in [0, 0.05) is 0 Å². The predicted octanol–water partition coefficient (Wildman–Crippen LogP) is 6.19. The first-order valence-corrected chi connectivity index (χ1v) is 10.9. The monoisotopic (exact) mass is 477 g/mol. The van der Waals surface area contributed by atoms with Crippen molar-refractivity contribution in [1.82, 2.24) is 0 Å². The molecule has 1 aliphatic rings. The molecule has 0 bridgehead atoms. The summed E-state index contributed by atoms with van der Waals surface area (Å²) in [6.45, 7) is 0. The molecule has 0 aromatic heterocycles. The number of rotatable bonds is 7. The average molecular weight is 477 g/mol. The lowest BCUT2D eigenvalue weighted by Crippen LogP contribution is -2.16. The van der Waals surface area contributed by atoms with Gasteiger partial charge in [-0.15, -0.1) is 0 Å². The van der Waals surface area contributed by atoms with Crippen LogP contribution in [-0.2, 0) is 25.2 Å². The van der Waals surface area contributed by atoms with Crippen molar-refractivity contribution in [2.45, 2.75) is 44.2 Å². The average Bonchev–Trinajstić information content (AvgIpc) is 2.84. The molecule has 9 heteroatoms. The van der Waals surface area contributed by atoms with Crippen LogP contribution in [0.1, 0.15) is 49.1 Å². The smallest absolute Gasteiger partial charge is 0.416 e. The van der Waals surface area contributed by atoms with E-state index in [1.54, 1.807) is 12.1 Å². The Labute approximate surface area is 195 Å². The van der Waals surface area contributed by atoms with E-state index >= 15 is 0 Å². The number of hydrogen-bond acceptors (Lipinski definition) is 6. The molecule has 1 saturated carbocycles. The Morgan fingerprint density at radius 3 is 2.24 bits per heavy atom. The highest BCUT2D eigenvalue weighted by molar-refractivity contribution is 5.99. The van der Waals surface area contributed by atoms with Crippen LogP contribution in [0, 0.1) is 0 Å². The summed E-state index contributed by atoms with van der Waals surface area (Å²) in [7, 11) is 2.18. The first kappa shape index (κ1) is 25.1. The van der Waals surface area contributed by atoms with Gasteiger partial charge >= 0.3 is 18.1 Å². The predicted molar refractivity (Wildman–Crippen MR) is 120 cm³/mol. The first-order chi connectivity index (χ1) is 16.2. The van der Waals surface area contributed by atoms with E-state index in [2.05, 4.69) is 14.8 Å². The first-order valence-electron chi connectivity index (χ1n) is 10.9. The number of nitrogens with one attached hydrogen (secondary N) is 1. The molecule has 3 rings (SSSR count). The molecule has 6 nitrogen and oxygen atoms in total. The highest BCUT2D eigenvalue weighted by Gasteiger charge is 2.31. The zero-order valence-corrected chi connectivity index (χ0v) is 18.9. The Kier molecular flexibility index (Phi) is 8.20. The fourth-order valence-corrected chi connectivity index (χ4v) is 3.84. The molecule has 0 saturated heterocycles. The SMILES string of the molecule is COC(=O)/C=C(/Nc1cc(C(F)(F)F)ccc1Oc1ccc(C2CCCCC2)cc1)C(=O)OC. The van der Waals surface area contributed by atoms with Crippen molar-refractivity contribution >= 4 is 17.6 Å². The third kappa shape index (κ3) is 6.52. The highest BCUT2D eigenvalue weighted by atomic mass is 19.4. The molecule has 2 aromatic rings. The van der Waals surface area contributed by atoms with Gasteiger partial charge in [0.2, 0.25) is 0 Å². The largest absolute Gasteiger partial charge is 0.466 e. The van der Waals surface area contributed by atoms with Gasteiger partial charge in [-0.25, -0.2) is 9.59 Å². The van der Waals surface area contributed by atoms with Gasteiger partial charge in [0.15, 0.2) is 5.75 Å². The van der Waals surface area contributed by atoms with Crippen LogP contribution in [0.4, 0.5) is 18.9 Å². The van der Waals surface area contributed by atoms with Gasteiger partial charge in [0.1, 0.15) is 11.4 Å². The Morgan fingerprint density at radius 2 is 1.65 bits per heavy atom. The van der Waals surface area contributed by atoms with E-state index in [9.17, 15) is 22.8 Å². The van der Waals surface area contributed by atoms with Gasteiger partial charge in [0.05, 0.1) is 31.5 Å². The fraction of sp³-hybridized carbons (Fsp3) is 0.360. The molecular weight excluding hydrogens is 451 g/mol. The summed E-state index contributed by atoms with van der Waals surface area (Å²) in [6.07, 6.45) is 2.07. The zero-order valence-electron chi connectivity index (χ0n) is 18.9. The van der Waals surface area contributed by atoms with Crippen LogP contribution >= 0.6 is 0 Å². The van der Waals surface area contributed by atoms with Crippen LogP contribution in [-0.4, -0.2) is 26.2 Å². The number of methoxy groups -OCH3 is 2. The number of alkyl halides is 3. The Hall–Kier alpha value is -3.49. The molecular formula is C25H26F3NO5. The molecule has 0 heterocycles. The fourth-order valence-electron chi connectivity index (χ4n) is 3.84. The second kappa shape index (κ2) is 11.1. The van der Waals surface area contributed by atoms with E-state index in [1.807, 2.05) is 12.1 Å². The third-order valence-electron chi connectivity index (χ3n) is 5.63. The second-order valence-electron chi connectivity index (χ2n) is 7.91. The van der Waals surface area contributed by atoms with Crippen molar-refractivity contribution < 1.29 is 37.0 Å². The van der Waals surface area contributed by atoms with Crippen molar-refractivity contribution in [2.24, 2.45) is 0 Å². The number of halogens is 3. The van der Waals surface area contributed by atoms with Gasteiger partial charge in [0.25, 0.3) is 0 Å². The van der Waals surface area contributed by atoms with E-state index in [4.69, 9.17) is 4.74 Å². The maximum Gasteiger partial charge on any atom is 0.416 e. The van der Waals surface area contributed by atoms with Crippen LogP contribution in [0.25, 0.3) is 0 Å². The molecule has 0 radical (unpaired) electrons. The molecule has 0 amide bonds. The van der Waals surface area contributed by atoms with E-state index in [-0.39, 0.29) is 11.4 Å². The van der Waals surface area contributed by atoms with Crippen molar-refractivity contribution in [3.05, 3.63) is 65.4 Å². The van der Waals surface area contributed by atoms with Gasteiger partial charge in [-0.1, -0.05) is 31.4 Å².